The second-order valence-corrected chi connectivity index (χ2v) is 7.72. The molecule has 1 atom stereocenters. The summed E-state index contributed by atoms with van der Waals surface area (Å²) in [6.45, 7) is 7.49. The molecule has 3 aromatic heterocycles. The van der Waals surface area contributed by atoms with E-state index in [1.54, 1.807) is 31.5 Å². The molecule has 4 rings (SSSR count). The van der Waals surface area contributed by atoms with Crippen LogP contribution < -0.4 is 10.2 Å². The molecule has 3 heterocycles. The molecule has 0 aliphatic rings. The summed E-state index contributed by atoms with van der Waals surface area (Å²) in [5.41, 5.74) is 4.21. The minimum Gasteiger partial charge on any atom is -0.484 e. The molecule has 0 aliphatic heterocycles. The van der Waals surface area contributed by atoms with Gasteiger partial charge in [0.05, 0.1) is 11.1 Å². The van der Waals surface area contributed by atoms with Crippen LogP contribution in [0.4, 0.5) is 0 Å². The molecule has 152 valence electrons. The highest BCUT2D eigenvalue weighted by Gasteiger charge is 2.20. The van der Waals surface area contributed by atoms with Crippen LogP contribution in [0.3, 0.4) is 0 Å². The third kappa shape index (κ3) is 3.68. The third-order valence-corrected chi connectivity index (χ3v) is 5.27. The Kier molecular flexibility index (Phi) is 5.31. The summed E-state index contributed by atoms with van der Waals surface area (Å²) < 4.78 is 12.5. The van der Waals surface area contributed by atoms with E-state index in [0.29, 0.717) is 38.9 Å². The van der Waals surface area contributed by atoms with Gasteiger partial charge in [-0.2, -0.15) is 0 Å². The van der Waals surface area contributed by atoms with Crippen LogP contribution in [-0.4, -0.2) is 9.97 Å². The van der Waals surface area contributed by atoms with Crippen LogP contribution in [0, 0.1) is 20.8 Å². The lowest BCUT2D eigenvalue weighted by molar-refractivity contribution is 0.224. The van der Waals surface area contributed by atoms with Crippen LogP contribution in [-0.2, 0) is 0 Å². The van der Waals surface area contributed by atoms with Crippen molar-refractivity contribution in [2.75, 3.05) is 0 Å². The molecule has 30 heavy (non-hydrogen) atoms. The third-order valence-electron chi connectivity index (χ3n) is 5.06. The molecule has 0 N–H and O–H groups in total. The molecular formula is C24H21ClN2O3. The molecule has 0 aliphatic carbocycles. The zero-order valence-corrected chi connectivity index (χ0v) is 17.9. The largest absolute Gasteiger partial charge is 0.484 e. The maximum absolute atomic E-state index is 13.2. The molecule has 0 amide bonds. The van der Waals surface area contributed by atoms with Crippen molar-refractivity contribution in [3.8, 4) is 17.1 Å². The summed E-state index contributed by atoms with van der Waals surface area (Å²) in [4.78, 5) is 21.5. The van der Waals surface area contributed by atoms with E-state index < -0.39 is 0 Å². The Morgan fingerprint density at radius 1 is 1.13 bits per heavy atom. The average molecular weight is 421 g/mol. The first-order chi connectivity index (χ1) is 14.3. The maximum Gasteiger partial charge on any atom is 0.196 e. The number of aryl methyl sites for hydroxylation is 2. The Labute approximate surface area is 179 Å². The van der Waals surface area contributed by atoms with Gasteiger partial charge in [-0.05, 0) is 69.7 Å². The summed E-state index contributed by atoms with van der Waals surface area (Å²) >= 11 is 5.96. The molecule has 0 spiro atoms. The lowest BCUT2D eigenvalue weighted by Crippen LogP contribution is -2.11. The first-order valence-electron chi connectivity index (χ1n) is 9.63. The maximum atomic E-state index is 13.2. The fourth-order valence-electron chi connectivity index (χ4n) is 3.54. The van der Waals surface area contributed by atoms with Crippen LogP contribution in [0.15, 0.2) is 58.0 Å². The van der Waals surface area contributed by atoms with Gasteiger partial charge < -0.3 is 9.15 Å². The molecule has 0 fully saturated rings. The van der Waals surface area contributed by atoms with Gasteiger partial charge in [-0.3, -0.25) is 9.78 Å². The molecule has 0 radical (unpaired) electrons. The van der Waals surface area contributed by atoms with Gasteiger partial charge in [-0.15, -0.1) is 0 Å². The van der Waals surface area contributed by atoms with Gasteiger partial charge in [0.1, 0.15) is 28.3 Å². The van der Waals surface area contributed by atoms with Crippen molar-refractivity contribution >= 4 is 22.6 Å². The highest BCUT2D eigenvalue weighted by Crippen LogP contribution is 2.33. The second-order valence-electron chi connectivity index (χ2n) is 7.34. The highest BCUT2D eigenvalue weighted by atomic mass is 35.5. The van der Waals surface area contributed by atoms with Crippen molar-refractivity contribution < 1.29 is 9.15 Å². The van der Waals surface area contributed by atoms with Gasteiger partial charge in [0.25, 0.3) is 0 Å². The zero-order chi connectivity index (χ0) is 21.4. The van der Waals surface area contributed by atoms with Gasteiger partial charge in [-0.25, -0.2) is 4.98 Å². The Morgan fingerprint density at radius 2 is 1.93 bits per heavy atom. The fraction of sp³-hybridized carbons (Fsp3) is 0.208. The van der Waals surface area contributed by atoms with Crippen LogP contribution in [0.1, 0.15) is 35.4 Å². The van der Waals surface area contributed by atoms with E-state index in [-0.39, 0.29) is 11.5 Å². The number of ether oxygens (including phenoxy) is 1. The molecule has 1 unspecified atom stereocenters. The van der Waals surface area contributed by atoms with Crippen LogP contribution in [0.2, 0.25) is 5.15 Å². The Bertz CT molecular complexity index is 1300. The van der Waals surface area contributed by atoms with Gasteiger partial charge in [0, 0.05) is 29.1 Å². The van der Waals surface area contributed by atoms with Gasteiger partial charge in [0.15, 0.2) is 5.43 Å². The monoisotopic (exact) mass is 420 g/mol. The Morgan fingerprint density at radius 3 is 2.63 bits per heavy atom. The number of benzene rings is 1. The van der Waals surface area contributed by atoms with Gasteiger partial charge in [0.2, 0.25) is 0 Å². The van der Waals surface area contributed by atoms with Crippen molar-refractivity contribution in [2.24, 2.45) is 0 Å². The van der Waals surface area contributed by atoms with E-state index in [0.717, 1.165) is 16.7 Å². The van der Waals surface area contributed by atoms with Crippen LogP contribution in [0.5, 0.6) is 5.75 Å². The average Bonchev–Trinajstić information content (AvgIpc) is 2.73. The lowest BCUT2D eigenvalue weighted by atomic mass is 10.0. The van der Waals surface area contributed by atoms with E-state index >= 15 is 0 Å². The van der Waals surface area contributed by atoms with Crippen LogP contribution >= 0.6 is 11.6 Å². The fourth-order valence-corrected chi connectivity index (χ4v) is 3.73. The summed E-state index contributed by atoms with van der Waals surface area (Å²) in [5, 5.41) is 0.952. The Hall–Kier alpha value is -3.18. The predicted octanol–water partition coefficient (Wildman–Crippen LogP) is 5.97. The van der Waals surface area contributed by atoms with Crippen molar-refractivity contribution in [3.05, 3.63) is 86.6 Å². The van der Waals surface area contributed by atoms with Crippen LogP contribution in [0.25, 0.3) is 22.3 Å². The SMILES string of the molecule is Cc1cc(C(C)Oc2ccc(Cl)nc2C)c2oc(-c3cccnc3)c(C)c(=O)c2c1. The minimum atomic E-state index is -0.373. The number of hydrogen-bond donors (Lipinski definition) is 0. The van der Waals surface area contributed by atoms with Crippen molar-refractivity contribution in [1.82, 2.24) is 9.97 Å². The number of rotatable bonds is 4. The van der Waals surface area contributed by atoms with E-state index in [2.05, 4.69) is 9.97 Å². The number of halogens is 1. The number of aromatic nitrogens is 2. The molecule has 6 heteroatoms. The lowest BCUT2D eigenvalue weighted by Gasteiger charge is -2.19. The number of fused-ring (bicyclic) bond motifs is 1. The topological polar surface area (TPSA) is 65.2 Å². The quantitative estimate of drug-likeness (QED) is 0.380. The summed E-state index contributed by atoms with van der Waals surface area (Å²) in [6, 6.07) is 11.0. The van der Waals surface area contributed by atoms with E-state index in [9.17, 15) is 4.79 Å². The molecule has 5 nitrogen and oxygen atoms in total. The molecule has 4 aromatic rings. The molecular weight excluding hydrogens is 400 g/mol. The van der Waals surface area contributed by atoms with Gasteiger partial charge in [-0.1, -0.05) is 11.6 Å². The first-order valence-corrected chi connectivity index (χ1v) is 10.0. The normalized spacial score (nSPS) is 12.2. The molecule has 1 aromatic carbocycles. The highest BCUT2D eigenvalue weighted by molar-refractivity contribution is 6.29. The number of pyridine rings is 2. The summed E-state index contributed by atoms with van der Waals surface area (Å²) in [7, 11) is 0. The van der Waals surface area contributed by atoms with Crippen molar-refractivity contribution in [1.29, 1.82) is 0 Å². The van der Waals surface area contributed by atoms with Crippen molar-refractivity contribution in [2.45, 2.75) is 33.8 Å². The minimum absolute atomic E-state index is 0.0587. The second kappa shape index (κ2) is 7.92. The van der Waals surface area contributed by atoms with E-state index in [1.807, 2.05) is 45.0 Å². The standard InChI is InChI=1S/C24H21ClN2O3/c1-13-10-18(16(4)29-20-7-8-21(25)27-15(20)3)24-19(11-13)22(28)14(2)23(30-24)17-6-5-9-26-12-17/h5-12,16H,1-4H3. The molecule has 0 bridgehead atoms. The predicted molar refractivity (Wildman–Crippen MR) is 118 cm³/mol. The van der Waals surface area contributed by atoms with E-state index in [4.69, 9.17) is 20.8 Å². The smallest absolute Gasteiger partial charge is 0.196 e. The number of hydrogen-bond acceptors (Lipinski definition) is 5. The zero-order valence-electron chi connectivity index (χ0n) is 17.2. The molecule has 0 saturated carbocycles. The Balaban J connectivity index is 1.89. The summed E-state index contributed by atoms with van der Waals surface area (Å²) in [6.07, 6.45) is 3.00. The first kappa shape index (κ1) is 20.1. The number of nitrogens with zero attached hydrogens (tertiary/aromatic N) is 2. The van der Waals surface area contributed by atoms with Crippen molar-refractivity contribution in [3.63, 3.8) is 0 Å². The summed E-state index contributed by atoms with van der Waals surface area (Å²) in [5.74, 6) is 1.14. The van der Waals surface area contributed by atoms with E-state index in [1.165, 1.54) is 0 Å². The van der Waals surface area contributed by atoms with Gasteiger partial charge >= 0.3 is 0 Å². The molecule has 0 saturated heterocycles.